The number of likely N-dealkylation sites (tertiary alicyclic amines) is 3. The van der Waals surface area contributed by atoms with E-state index in [9.17, 15) is 28.8 Å². The maximum atomic E-state index is 14.8. The van der Waals surface area contributed by atoms with Crippen molar-refractivity contribution in [1.82, 2.24) is 30.7 Å². The van der Waals surface area contributed by atoms with Crippen LogP contribution in [-0.2, 0) is 50.9 Å². The minimum Gasteiger partial charge on any atom is -0.463 e. The molecule has 0 spiro atoms. The van der Waals surface area contributed by atoms with E-state index in [1.807, 2.05) is 30.3 Å². The summed E-state index contributed by atoms with van der Waals surface area (Å²) in [5, 5.41) is 8.70. The highest BCUT2D eigenvalue weighted by molar-refractivity contribution is 6.48. The third kappa shape index (κ3) is 10.9. The van der Waals surface area contributed by atoms with Crippen LogP contribution in [0.15, 0.2) is 66.9 Å². The summed E-state index contributed by atoms with van der Waals surface area (Å²) in [7, 11) is -0.532. The molecular formula is C53H73BN6O10. The van der Waals surface area contributed by atoms with Crippen molar-refractivity contribution in [2.75, 3.05) is 19.6 Å². The Bertz CT molecular complexity index is 2310. The molecule has 4 heterocycles. The van der Waals surface area contributed by atoms with Crippen molar-refractivity contribution >= 4 is 42.7 Å². The lowest BCUT2D eigenvalue weighted by atomic mass is 9.45. The average Bonchev–Trinajstić information content (AvgIpc) is 4.14. The molecule has 0 radical (unpaired) electrons. The van der Waals surface area contributed by atoms with Crippen LogP contribution < -0.4 is 20.7 Å². The second-order valence-corrected chi connectivity index (χ2v) is 22.4. The van der Waals surface area contributed by atoms with Crippen LogP contribution >= 0.6 is 0 Å². The van der Waals surface area contributed by atoms with Gasteiger partial charge in [-0.05, 0) is 133 Å². The molecule has 9 unspecified atom stereocenters. The molecule has 17 heteroatoms. The van der Waals surface area contributed by atoms with Crippen LogP contribution in [0.4, 0.5) is 4.79 Å². The van der Waals surface area contributed by atoms with Gasteiger partial charge in [0.15, 0.2) is 0 Å². The number of rotatable bonds is 15. The van der Waals surface area contributed by atoms with Gasteiger partial charge in [-0.15, -0.1) is 0 Å². The standard InChI is InChI=1S/C53H73BN6O10/c1-32(2)67-37-23-21-35(22-24-37)29-40(57-50(66)68-51(4,5)6)49(65)59-26-14-19-42(59)46(62)56-39(28-34-16-11-10-12-17-34)48(64)58-25-13-18-41(58)45(61)55-33(3)47(63)60-27-15-20-43(60)54-69-44-38-30-36(52(38,7)8)31-53(44,9)70-54/h10-12,16-17,21-24,33,36,38-44H,1,13-15,18-20,25-31H2,2-9H3,(H,55,61)(H,56,62)(H,57,66)/t33?,36?,38?,39?,40?,41?,42?,43?,44?,53-/m0/s1. The normalized spacial score (nSPS) is 27.9. The van der Waals surface area contributed by atoms with Gasteiger partial charge in [0, 0.05) is 32.5 Å². The number of amides is 6. The quantitative estimate of drug-likeness (QED) is 0.152. The van der Waals surface area contributed by atoms with Gasteiger partial charge in [0.05, 0.1) is 23.4 Å². The van der Waals surface area contributed by atoms with Crippen LogP contribution in [0, 0.1) is 17.3 Å². The molecule has 16 nitrogen and oxygen atoms in total. The molecule has 0 aromatic heterocycles. The van der Waals surface area contributed by atoms with E-state index in [-0.39, 0.29) is 54.9 Å². The summed E-state index contributed by atoms with van der Waals surface area (Å²) in [4.78, 5) is 90.0. The Morgan fingerprint density at radius 1 is 0.771 bits per heavy atom. The van der Waals surface area contributed by atoms with Gasteiger partial charge in [0.25, 0.3) is 0 Å². The highest BCUT2D eigenvalue weighted by Crippen LogP contribution is 2.65. The molecule has 3 saturated carbocycles. The highest BCUT2D eigenvalue weighted by Gasteiger charge is 2.68. The summed E-state index contributed by atoms with van der Waals surface area (Å²) in [6.07, 6.45) is 4.89. The first-order valence-electron chi connectivity index (χ1n) is 25.4. The van der Waals surface area contributed by atoms with E-state index in [0.717, 1.165) is 36.8 Å². The van der Waals surface area contributed by atoms with Gasteiger partial charge in [0.2, 0.25) is 29.5 Å². The second kappa shape index (κ2) is 20.4. The number of carbonyl (C=O) groups is 6. The number of benzene rings is 2. The largest absolute Gasteiger partial charge is 0.481 e. The number of nitrogens with zero attached hydrogens (tertiary/aromatic N) is 3. The summed E-state index contributed by atoms with van der Waals surface area (Å²) in [6, 6.07) is 11.6. The Morgan fingerprint density at radius 2 is 1.33 bits per heavy atom. The van der Waals surface area contributed by atoms with E-state index in [0.29, 0.717) is 55.6 Å². The fourth-order valence-electron chi connectivity index (χ4n) is 12.0. The first-order valence-corrected chi connectivity index (χ1v) is 25.4. The fourth-order valence-corrected chi connectivity index (χ4v) is 12.0. The zero-order valence-electron chi connectivity index (χ0n) is 42.3. The van der Waals surface area contributed by atoms with E-state index in [1.54, 1.807) is 63.8 Å². The van der Waals surface area contributed by atoms with Crippen molar-refractivity contribution in [2.45, 2.75) is 173 Å². The summed E-state index contributed by atoms with van der Waals surface area (Å²) in [5.74, 6) is -0.224. The van der Waals surface area contributed by atoms with Gasteiger partial charge in [0.1, 0.15) is 41.6 Å². The molecule has 70 heavy (non-hydrogen) atoms. The van der Waals surface area contributed by atoms with Crippen LogP contribution in [0.25, 0.3) is 0 Å². The highest BCUT2D eigenvalue weighted by atomic mass is 16.7. The minimum atomic E-state index is -1.08. The van der Waals surface area contributed by atoms with Crippen molar-refractivity contribution in [3.05, 3.63) is 78.1 Å². The van der Waals surface area contributed by atoms with Crippen molar-refractivity contribution in [1.29, 1.82) is 0 Å². The summed E-state index contributed by atoms with van der Waals surface area (Å²) >= 11 is 0. The fraction of sp³-hybridized carbons (Fsp3) is 0.623. The van der Waals surface area contributed by atoms with E-state index < -0.39 is 72.7 Å². The topological polar surface area (TPSA) is 185 Å². The van der Waals surface area contributed by atoms with Crippen LogP contribution in [-0.4, -0.2) is 131 Å². The maximum Gasteiger partial charge on any atom is 0.481 e. The molecule has 2 aromatic carbocycles. The van der Waals surface area contributed by atoms with Crippen molar-refractivity contribution in [3.63, 3.8) is 0 Å². The molecule has 6 amide bonds. The zero-order chi connectivity index (χ0) is 50.3. The van der Waals surface area contributed by atoms with Gasteiger partial charge in [-0.3, -0.25) is 24.0 Å². The number of hydrogen-bond acceptors (Lipinski definition) is 10. The molecule has 10 atom stereocenters. The smallest absolute Gasteiger partial charge is 0.463 e. The third-order valence-electron chi connectivity index (χ3n) is 15.7. The Hall–Kier alpha value is -5.42. The molecular weight excluding hydrogens is 891 g/mol. The minimum absolute atomic E-state index is 0.0172. The lowest BCUT2D eigenvalue weighted by Crippen LogP contribution is -2.63. The average molecular weight is 965 g/mol. The number of alkyl carbamates (subject to hydrolysis) is 1. The van der Waals surface area contributed by atoms with Crippen LogP contribution in [0.2, 0.25) is 0 Å². The summed E-state index contributed by atoms with van der Waals surface area (Å²) in [5.41, 5.74) is 0.533. The maximum absolute atomic E-state index is 14.8. The van der Waals surface area contributed by atoms with E-state index >= 15 is 0 Å². The Labute approximate surface area is 413 Å². The molecule has 2 bridgehead atoms. The lowest BCUT2D eigenvalue weighted by molar-refractivity contribution is -0.185. The van der Waals surface area contributed by atoms with Crippen LogP contribution in [0.5, 0.6) is 5.75 Å². The molecule has 2 aromatic rings. The molecule has 4 aliphatic heterocycles. The predicted octanol–water partition coefficient (Wildman–Crippen LogP) is 5.51. The monoisotopic (exact) mass is 965 g/mol. The van der Waals surface area contributed by atoms with Gasteiger partial charge < -0.3 is 49.4 Å². The van der Waals surface area contributed by atoms with Gasteiger partial charge >= 0.3 is 13.2 Å². The van der Waals surface area contributed by atoms with Gasteiger partial charge in [-0.2, -0.15) is 0 Å². The van der Waals surface area contributed by atoms with E-state index in [2.05, 4.69) is 43.3 Å². The molecule has 3 aliphatic carbocycles. The van der Waals surface area contributed by atoms with Crippen molar-refractivity contribution in [3.8, 4) is 5.75 Å². The predicted molar refractivity (Wildman–Crippen MR) is 263 cm³/mol. The van der Waals surface area contributed by atoms with E-state index in [4.69, 9.17) is 18.8 Å². The molecule has 4 saturated heterocycles. The summed E-state index contributed by atoms with van der Waals surface area (Å²) in [6.45, 7) is 20.3. The number of hydrogen-bond donors (Lipinski definition) is 3. The molecule has 7 aliphatic rings. The van der Waals surface area contributed by atoms with Gasteiger partial charge in [-0.25, -0.2) is 4.79 Å². The number of carbonyl (C=O) groups excluding carboxylic acids is 6. The SMILES string of the molecule is C=C(C)Oc1ccc(CC(NC(=O)OC(C)(C)C)C(=O)N2CCCC2C(=O)NC(Cc2ccccc2)C(=O)N2CCCC2C(=O)NC(C)C(=O)N2CCCC2B2OC3C4CC(C[C@]3(C)O2)C4(C)C)cc1. The van der Waals surface area contributed by atoms with Crippen LogP contribution in [0.1, 0.15) is 118 Å². The van der Waals surface area contributed by atoms with Crippen LogP contribution in [0.3, 0.4) is 0 Å². The van der Waals surface area contributed by atoms with Gasteiger partial charge in [-0.1, -0.05) is 62.9 Å². The van der Waals surface area contributed by atoms with Crippen molar-refractivity contribution < 1.29 is 47.5 Å². The Balaban J connectivity index is 0.933. The Kier molecular flexibility index (Phi) is 14.8. The zero-order valence-corrected chi connectivity index (χ0v) is 42.3. The molecule has 3 N–H and O–H groups in total. The first kappa shape index (κ1) is 51.0. The summed E-state index contributed by atoms with van der Waals surface area (Å²) < 4.78 is 24.5. The number of allylic oxidation sites excluding steroid dienone is 1. The number of nitrogens with one attached hydrogen (secondary N) is 3. The second-order valence-electron chi connectivity index (χ2n) is 22.4. The lowest BCUT2D eigenvalue weighted by Gasteiger charge is -2.63. The Morgan fingerprint density at radius 3 is 1.91 bits per heavy atom. The van der Waals surface area contributed by atoms with Crippen molar-refractivity contribution in [2.24, 2.45) is 17.3 Å². The molecule has 7 fully saturated rings. The number of ether oxygens (including phenoxy) is 2. The van der Waals surface area contributed by atoms with E-state index in [1.165, 1.54) is 9.80 Å². The molecule has 378 valence electrons. The third-order valence-corrected chi connectivity index (χ3v) is 15.7. The molecule has 9 rings (SSSR count). The first-order chi connectivity index (χ1) is 33.1.